The van der Waals surface area contributed by atoms with E-state index in [2.05, 4.69) is 16.9 Å². The molecule has 2 fully saturated rings. The molecule has 0 aliphatic heterocycles. The first-order valence-corrected chi connectivity index (χ1v) is 9.15. The fourth-order valence-corrected chi connectivity index (χ4v) is 4.34. The summed E-state index contributed by atoms with van der Waals surface area (Å²) in [4.78, 5) is 23.2. The predicted octanol–water partition coefficient (Wildman–Crippen LogP) is 2.75. The molecular formula is C15H26N2O3S. The average molecular weight is 314 g/mol. The highest BCUT2D eigenvalue weighted by Gasteiger charge is 2.37. The van der Waals surface area contributed by atoms with Gasteiger partial charge in [-0.25, -0.2) is 4.79 Å². The van der Waals surface area contributed by atoms with Gasteiger partial charge in [0.2, 0.25) is 0 Å². The van der Waals surface area contributed by atoms with Crippen molar-refractivity contribution in [2.75, 3.05) is 6.26 Å². The summed E-state index contributed by atoms with van der Waals surface area (Å²) in [5.41, 5.74) is -0.535. The Labute approximate surface area is 130 Å². The molecule has 0 aromatic heterocycles. The summed E-state index contributed by atoms with van der Waals surface area (Å²) >= 11 is 1.91. The monoisotopic (exact) mass is 314 g/mol. The number of urea groups is 1. The summed E-state index contributed by atoms with van der Waals surface area (Å²) in [5, 5.41) is 15.8. The van der Waals surface area contributed by atoms with Gasteiger partial charge in [-0.1, -0.05) is 12.8 Å². The normalized spacial score (nSPS) is 28.0. The molecule has 2 aliphatic carbocycles. The van der Waals surface area contributed by atoms with Gasteiger partial charge in [0.05, 0.1) is 12.0 Å². The molecule has 0 atom stereocenters. The molecular weight excluding hydrogens is 288 g/mol. The summed E-state index contributed by atoms with van der Waals surface area (Å²) in [7, 11) is 0. The number of nitrogens with one attached hydrogen (secondary N) is 2. The van der Waals surface area contributed by atoms with Crippen LogP contribution < -0.4 is 10.6 Å². The molecule has 0 spiro atoms. The molecule has 0 aromatic carbocycles. The van der Waals surface area contributed by atoms with E-state index in [4.69, 9.17) is 5.11 Å². The Morgan fingerprint density at radius 3 is 2.33 bits per heavy atom. The number of hydrogen-bond donors (Lipinski definition) is 3. The van der Waals surface area contributed by atoms with E-state index in [0.29, 0.717) is 0 Å². The largest absolute Gasteiger partial charge is 0.481 e. The number of carbonyl (C=O) groups is 2. The van der Waals surface area contributed by atoms with Crippen LogP contribution >= 0.6 is 11.8 Å². The lowest BCUT2D eigenvalue weighted by atomic mass is 9.93. The molecule has 6 heteroatoms. The molecule has 2 saturated carbocycles. The first kappa shape index (κ1) is 16.5. The topological polar surface area (TPSA) is 78.4 Å². The summed E-state index contributed by atoms with van der Waals surface area (Å²) < 4.78 is 0. The van der Waals surface area contributed by atoms with Gasteiger partial charge < -0.3 is 15.7 Å². The van der Waals surface area contributed by atoms with Crippen molar-refractivity contribution < 1.29 is 14.7 Å². The van der Waals surface area contributed by atoms with Crippen LogP contribution in [0.3, 0.4) is 0 Å². The van der Waals surface area contributed by atoms with E-state index in [-0.39, 0.29) is 18.5 Å². The molecule has 0 heterocycles. The van der Waals surface area contributed by atoms with Crippen molar-refractivity contribution in [2.24, 2.45) is 0 Å². The third kappa shape index (κ3) is 4.80. The van der Waals surface area contributed by atoms with E-state index < -0.39 is 11.5 Å². The average Bonchev–Trinajstić information content (AvgIpc) is 2.86. The van der Waals surface area contributed by atoms with Crippen LogP contribution in [0.4, 0.5) is 4.79 Å². The van der Waals surface area contributed by atoms with E-state index >= 15 is 0 Å². The molecule has 5 nitrogen and oxygen atoms in total. The molecule has 2 aliphatic rings. The Kier molecular flexibility index (Phi) is 5.79. The highest BCUT2D eigenvalue weighted by atomic mass is 32.2. The van der Waals surface area contributed by atoms with Crippen molar-refractivity contribution in [1.29, 1.82) is 0 Å². The van der Waals surface area contributed by atoms with E-state index in [1.54, 1.807) is 0 Å². The third-order valence-corrected chi connectivity index (χ3v) is 5.91. The molecule has 21 heavy (non-hydrogen) atoms. The SMILES string of the molecule is CSC1CCC(NC(=O)NC2(CC(=O)O)CCCC2)CC1. The molecule has 0 unspecified atom stereocenters. The Morgan fingerprint density at radius 2 is 1.81 bits per heavy atom. The maximum atomic E-state index is 12.2. The van der Waals surface area contributed by atoms with E-state index in [1.807, 2.05) is 11.8 Å². The summed E-state index contributed by atoms with van der Waals surface area (Å²) in [5.74, 6) is -0.835. The molecule has 0 bridgehead atoms. The van der Waals surface area contributed by atoms with Crippen molar-refractivity contribution in [2.45, 2.75) is 74.6 Å². The molecule has 0 radical (unpaired) electrons. The fourth-order valence-electron chi connectivity index (χ4n) is 3.59. The lowest BCUT2D eigenvalue weighted by Crippen LogP contribution is -2.54. The van der Waals surface area contributed by atoms with Gasteiger partial charge in [0.25, 0.3) is 0 Å². The number of carboxylic acid groups (broad SMARTS) is 1. The minimum Gasteiger partial charge on any atom is -0.481 e. The predicted molar refractivity (Wildman–Crippen MR) is 84.7 cm³/mol. The van der Waals surface area contributed by atoms with E-state index in [1.165, 1.54) is 0 Å². The maximum absolute atomic E-state index is 12.2. The number of aliphatic carboxylic acids is 1. The van der Waals surface area contributed by atoms with Crippen molar-refractivity contribution in [3.63, 3.8) is 0 Å². The Hall–Kier alpha value is -0.910. The molecule has 2 amide bonds. The summed E-state index contributed by atoms with van der Waals surface area (Å²) in [6, 6.07) is 0.0439. The second-order valence-electron chi connectivity index (χ2n) is 6.37. The van der Waals surface area contributed by atoms with Crippen LogP contribution in [-0.4, -0.2) is 40.2 Å². The van der Waals surface area contributed by atoms with Crippen LogP contribution in [0.1, 0.15) is 57.8 Å². The summed E-state index contributed by atoms with van der Waals surface area (Å²) in [6.07, 6.45) is 10.0. The minimum absolute atomic E-state index is 0.0274. The number of carboxylic acids is 1. The fraction of sp³-hybridized carbons (Fsp3) is 0.867. The van der Waals surface area contributed by atoms with Crippen LogP contribution in [-0.2, 0) is 4.79 Å². The molecule has 120 valence electrons. The van der Waals surface area contributed by atoms with Gasteiger partial charge in [0.1, 0.15) is 0 Å². The minimum atomic E-state index is -0.835. The number of amides is 2. The second-order valence-corrected chi connectivity index (χ2v) is 7.50. The van der Waals surface area contributed by atoms with Crippen molar-refractivity contribution in [1.82, 2.24) is 10.6 Å². The van der Waals surface area contributed by atoms with Gasteiger partial charge in [-0.05, 0) is 44.8 Å². The van der Waals surface area contributed by atoms with Gasteiger partial charge in [-0.2, -0.15) is 11.8 Å². The number of thioether (sulfide) groups is 1. The smallest absolute Gasteiger partial charge is 0.315 e. The van der Waals surface area contributed by atoms with Crippen molar-refractivity contribution >= 4 is 23.8 Å². The van der Waals surface area contributed by atoms with Crippen LogP contribution in [0, 0.1) is 0 Å². The van der Waals surface area contributed by atoms with Gasteiger partial charge >= 0.3 is 12.0 Å². The van der Waals surface area contributed by atoms with Crippen LogP contribution in [0.5, 0.6) is 0 Å². The zero-order chi connectivity index (χ0) is 15.3. The first-order valence-electron chi connectivity index (χ1n) is 7.86. The van der Waals surface area contributed by atoms with Gasteiger partial charge in [-0.15, -0.1) is 0 Å². The zero-order valence-corrected chi connectivity index (χ0v) is 13.5. The molecule has 3 N–H and O–H groups in total. The number of hydrogen-bond acceptors (Lipinski definition) is 3. The highest BCUT2D eigenvalue weighted by Crippen LogP contribution is 2.33. The maximum Gasteiger partial charge on any atom is 0.315 e. The highest BCUT2D eigenvalue weighted by molar-refractivity contribution is 7.99. The van der Waals surface area contributed by atoms with E-state index in [0.717, 1.165) is 56.6 Å². The quantitative estimate of drug-likeness (QED) is 0.729. The summed E-state index contributed by atoms with van der Waals surface area (Å²) in [6.45, 7) is 0. The molecule has 2 rings (SSSR count). The first-order chi connectivity index (χ1) is 10.0. The van der Waals surface area contributed by atoms with Gasteiger partial charge in [0.15, 0.2) is 0 Å². The van der Waals surface area contributed by atoms with Crippen molar-refractivity contribution in [3.05, 3.63) is 0 Å². The van der Waals surface area contributed by atoms with Gasteiger partial charge in [-0.3, -0.25) is 4.79 Å². The standard InChI is InChI=1S/C15H26N2O3S/c1-21-12-6-4-11(5-7-12)16-14(20)17-15(10-13(18)19)8-2-3-9-15/h11-12H,2-10H2,1H3,(H,18,19)(H2,16,17,20). The second kappa shape index (κ2) is 7.38. The Balaban J connectivity index is 1.81. The Morgan fingerprint density at radius 1 is 1.19 bits per heavy atom. The van der Waals surface area contributed by atoms with Crippen molar-refractivity contribution in [3.8, 4) is 0 Å². The molecule has 0 saturated heterocycles. The van der Waals surface area contributed by atoms with Crippen LogP contribution in [0.25, 0.3) is 0 Å². The number of carbonyl (C=O) groups excluding carboxylic acids is 1. The van der Waals surface area contributed by atoms with Crippen LogP contribution in [0.2, 0.25) is 0 Å². The number of rotatable bonds is 5. The molecule has 0 aromatic rings. The Bertz CT molecular complexity index is 375. The van der Waals surface area contributed by atoms with Crippen LogP contribution in [0.15, 0.2) is 0 Å². The van der Waals surface area contributed by atoms with E-state index in [9.17, 15) is 9.59 Å². The van der Waals surface area contributed by atoms with Gasteiger partial charge in [0, 0.05) is 11.3 Å². The third-order valence-electron chi connectivity index (χ3n) is 4.77. The lowest BCUT2D eigenvalue weighted by Gasteiger charge is -2.32. The lowest BCUT2D eigenvalue weighted by molar-refractivity contribution is -0.138. The zero-order valence-electron chi connectivity index (χ0n) is 12.7.